The van der Waals surface area contributed by atoms with Gasteiger partial charge < -0.3 is 9.80 Å². The molecule has 39 heavy (non-hydrogen) atoms. The van der Waals surface area contributed by atoms with Gasteiger partial charge in [0.1, 0.15) is 15.2 Å². The largest absolute Gasteiger partial charge is 0.339 e. The molecule has 2 aromatic rings. The standard InChI is InChI=1S/C25H22N4O4S6/c30-20(5-6-28-22(32)18(38-24(28)34)13-16-3-1-11-36-16)26-7-9-27(10-8-26)21(31)15-29-23(33)19(39-25(29)35)14-17-4-2-12-37-17/h1-4,11-14H,5-10,15H2/b18-13+,19-14+. The van der Waals surface area contributed by atoms with Crippen LogP contribution in [0.4, 0.5) is 0 Å². The fraction of sp³-hybridized carbons (Fsp3) is 0.280. The van der Waals surface area contributed by atoms with E-state index in [1.807, 2.05) is 41.1 Å². The average Bonchev–Trinajstić information content (AvgIpc) is 3.72. The highest BCUT2D eigenvalue weighted by Crippen LogP contribution is 2.34. The molecule has 0 saturated carbocycles. The molecule has 5 rings (SSSR count). The van der Waals surface area contributed by atoms with E-state index in [2.05, 4.69) is 0 Å². The van der Waals surface area contributed by atoms with Crippen LogP contribution in [0.25, 0.3) is 12.2 Å². The molecule has 14 heteroatoms. The number of thiophene rings is 2. The summed E-state index contributed by atoms with van der Waals surface area (Å²) < 4.78 is 0.817. The van der Waals surface area contributed by atoms with Crippen molar-refractivity contribution in [2.75, 3.05) is 39.3 Å². The van der Waals surface area contributed by atoms with E-state index in [1.54, 1.807) is 27.2 Å². The van der Waals surface area contributed by atoms with Crippen molar-refractivity contribution in [2.24, 2.45) is 0 Å². The molecule has 3 aliphatic rings. The third kappa shape index (κ3) is 6.52. The van der Waals surface area contributed by atoms with Gasteiger partial charge in [-0.05, 0) is 35.0 Å². The molecular formula is C25H22N4O4S6. The van der Waals surface area contributed by atoms with Gasteiger partial charge in [0.05, 0.1) is 9.81 Å². The molecule has 2 aromatic heterocycles. The molecule has 202 valence electrons. The van der Waals surface area contributed by atoms with E-state index in [-0.39, 0.29) is 43.1 Å². The maximum Gasteiger partial charge on any atom is 0.266 e. The molecule has 8 nitrogen and oxygen atoms in total. The second-order valence-corrected chi connectivity index (χ2v) is 14.0. The Balaban J connectivity index is 1.08. The number of thioether (sulfide) groups is 2. The third-order valence-corrected chi connectivity index (χ3v) is 10.6. The molecule has 5 heterocycles. The summed E-state index contributed by atoms with van der Waals surface area (Å²) in [6.45, 7) is 1.62. The van der Waals surface area contributed by atoms with Gasteiger partial charge in [-0.3, -0.25) is 29.0 Å². The third-order valence-electron chi connectivity index (χ3n) is 6.21. The Morgan fingerprint density at radius 3 is 1.77 bits per heavy atom. The van der Waals surface area contributed by atoms with Gasteiger partial charge >= 0.3 is 0 Å². The second kappa shape index (κ2) is 12.4. The van der Waals surface area contributed by atoms with Crippen LogP contribution in [0, 0.1) is 0 Å². The van der Waals surface area contributed by atoms with E-state index in [0.717, 1.165) is 9.75 Å². The fourth-order valence-electron chi connectivity index (χ4n) is 4.14. The van der Waals surface area contributed by atoms with Crippen LogP contribution in [0.3, 0.4) is 0 Å². The number of hydrogen-bond acceptors (Lipinski definition) is 10. The molecule has 0 N–H and O–H groups in total. The summed E-state index contributed by atoms with van der Waals surface area (Å²) >= 11 is 16.2. The van der Waals surface area contributed by atoms with Gasteiger partial charge in [-0.15, -0.1) is 22.7 Å². The molecular weight excluding hydrogens is 613 g/mol. The lowest BCUT2D eigenvalue weighted by molar-refractivity contribution is -0.141. The highest BCUT2D eigenvalue weighted by atomic mass is 32.2. The topological polar surface area (TPSA) is 81.2 Å². The van der Waals surface area contributed by atoms with E-state index < -0.39 is 0 Å². The number of nitrogens with zero attached hydrogens (tertiary/aromatic N) is 4. The van der Waals surface area contributed by atoms with Crippen molar-refractivity contribution in [1.82, 2.24) is 19.6 Å². The molecule has 0 aromatic carbocycles. The van der Waals surface area contributed by atoms with Gasteiger partial charge in [-0.25, -0.2) is 0 Å². The molecule has 4 amide bonds. The molecule has 0 spiro atoms. The predicted molar refractivity (Wildman–Crippen MR) is 166 cm³/mol. The zero-order chi connectivity index (χ0) is 27.5. The van der Waals surface area contributed by atoms with Crippen LogP contribution >= 0.6 is 70.6 Å². The smallest absolute Gasteiger partial charge is 0.266 e. The summed E-state index contributed by atoms with van der Waals surface area (Å²) in [7, 11) is 0. The molecule has 0 atom stereocenters. The first kappa shape index (κ1) is 28.2. The number of amides is 4. The SMILES string of the molecule is O=C(CCN1C(=O)/C(=C\c2cccs2)SC1=S)N1CCN(C(=O)CN2C(=O)/C(=C\c3cccs3)SC2=S)CC1. The maximum absolute atomic E-state index is 12.9. The van der Waals surface area contributed by atoms with Crippen LogP contribution in [0.1, 0.15) is 16.2 Å². The Hall–Kier alpha value is -2.36. The monoisotopic (exact) mass is 634 g/mol. The summed E-state index contributed by atoms with van der Waals surface area (Å²) in [5.74, 6) is -0.732. The van der Waals surface area contributed by atoms with Crippen molar-refractivity contribution in [3.8, 4) is 0 Å². The van der Waals surface area contributed by atoms with Crippen molar-refractivity contribution < 1.29 is 19.2 Å². The quantitative estimate of drug-likeness (QED) is 0.335. The van der Waals surface area contributed by atoms with E-state index in [0.29, 0.717) is 44.6 Å². The highest BCUT2D eigenvalue weighted by Gasteiger charge is 2.36. The van der Waals surface area contributed by atoms with E-state index >= 15 is 0 Å². The summed E-state index contributed by atoms with van der Waals surface area (Å²) in [4.78, 5) is 60.6. The van der Waals surface area contributed by atoms with Gasteiger partial charge in [0.2, 0.25) is 11.8 Å². The number of carbonyl (C=O) groups is 4. The Kier molecular flexibility index (Phi) is 8.99. The molecule has 0 aliphatic carbocycles. The van der Waals surface area contributed by atoms with Crippen molar-refractivity contribution in [3.63, 3.8) is 0 Å². The van der Waals surface area contributed by atoms with Crippen LogP contribution in [0.2, 0.25) is 0 Å². The number of carbonyl (C=O) groups excluding carboxylic acids is 4. The van der Waals surface area contributed by atoms with Gasteiger partial charge in [0.15, 0.2) is 0 Å². The summed E-state index contributed by atoms with van der Waals surface area (Å²) in [6, 6.07) is 7.68. The van der Waals surface area contributed by atoms with Gasteiger partial charge in [-0.1, -0.05) is 60.1 Å². The minimum absolute atomic E-state index is 0.0889. The molecule has 3 saturated heterocycles. The molecule has 0 unspecified atom stereocenters. The van der Waals surface area contributed by atoms with E-state index in [4.69, 9.17) is 24.4 Å². The average molecular weight is 635 g/mol. The first-order valence-electron chi connectivity index (χ1n) is 11.9. The van der Waals surface area contributed by atoms with Crippen LogP contribution in [-0.4, -0.2) is 91.1 Å². The highest BCUT2D eigenvalue weighted by molar-refractivity contribution is 8.27. The van der Waals surface area contributed by atoms with Gasteiger partial charge in [0.25, 0.3) is 11.8 Å². The maximum atomic E-state index is 12.9. The van der Waals surface area contributed by atoms with Crippen molar-refractivity contribution in [3.05, 3.63) is 54.6 Å². The normalized spacial score (nSPS) is 20.3. The molecule has 3 fully saturated rings. The van der Waals surface area contributed by atoms with Gasteiger partial charge in [0, 0.05) is 48.9 Å². The van der Waals surface area contributed by atoms with Crippen molar-refractivity contribution in [1.29, 1.82) is 0 Å². The van der Waals surface area contributed by atoms with Crippen LogP contribution in [-0.2, 0) is 19.2 Å². The van der Waals surface area contributed by atoms with Crippen LogP contribution in [0.5, 0.6) is 0 Å². The zero-order valence-corrected chi connectivity index (χ0v) is 25.3. The zero-order valence-electron chi connectivity index (χ0n) is 20.4. The lowest BCUT2D eigenvalue weighted by Gasteiger charge is -2.35. The van der Waals surface area contributed by atoms with E-state index in [1.165, 1.54) is 44.7 Å². The number of piperazine rings is 1. The minimum Gasteiger partial charge on any atom is -0.339 e. The first-order valence-corrected chi connectivity index (χ1v) is 16.1. The van der Waals surface area contributed by atoms with Crippen molar-refractivity contribution in [2.45, 2.75) is 6.42 Å². The Morgan fingerprint density at radius 2 is 1.26 bits per heavy atom. The number of rotatable bonds is 7. The Morgan fingerprint density at radius 1 is 0.769 bits per heavy atom. The molecule has 0 radical (unpaired) electrons. The minimum atomic E-state index is -0.263. The Labute approximate surface area is 252 Å². The molecule has 3 aliphatic heterocycles. The number of thiocarbonyl (C=S) groups is 2. The summed E-state index contributed by atoms with van der Waals surface area (Å²) in [5, 5.41) is 3.87. The second-order valence-electron chi connectivity index (χ2n) is 8.64. The fourth-order valence-corrected chi connectivity index (χ4v) is 8.15. The van der Waals surface area contributed by atoms with Crippen LogP contribution in [0.15, 0.2) is 44.8 Å². The Bertz CT molecular complexity index is 1380. The lowest BCUT2D eigenvalue weighted by Crippen LogP contribution is -2.53. The summed E-state index contributed by atoms with van der Waals surface area (Å²) in [5.41, 5.74) is 0. The lowest BCUT2D eigenvalue weighted by atomic mass is 10.2. The molecule has 0 bridgehead atoms. The first-order chi connectivity index (χ1) is 18.8. The van der Waals surface area contributed by atoms with E-state index in [9.17, 15) is 19.2 Å². The van der Waals surface area contributed by atoms with Crippen molar-refractivity contribution >= 4 is 115 Å². The van der Waals surface area contributed by atoms with Gasteiger partial charge in [-0.2, -0.15) is 0 Å². The van der Waals surface area contributed by atoms with Crippen LogP contribution < -0.4 is 0 Å². The predicted octanol–water partition coefficient (Wildman–Crippen LogP) is 3.97. The number of hydrogen-bond donors (Lipinski definition) is 0. The summed E-state index contributed by atoms with van der Waals surface area (Å²) in [6.07, 6.45) is 3.77.